The molecule has 92 valence electrons. The Kier molecular flexibility index (Phi) is 3.61. The van der Waals surface area contributed by atoms with E-state index in [9.17, 15) is 4.79 Å². The fourth-order valence-corrected chi connectivity index (χ4v) is 1.80. The number of hydrazone groups is 1. The number of hydrogen-bond acceptors (Lipinski definition) is 3. The molecule has 0 aromatic heterocycles. The van der Waals surface area contributed by atoms with Crippen molar-refractivity contribution in [1.29, 1.82) is 0 Å². The number of nitrogens with one attached hydrogen (secondary N) is 1. The van der Waals surface area contributed by atoms with Gasteiger partial charge in [-0.05, 0) is 40.0 Å². The Morgan fingerprint density at radius 1 is 1.44 bits per heavy atom. The molecule has 0 heterocycles. The van der Waals surface area contributed by atoms with Crippen LogP contribution < -0.4 is 5.43 Å². The summed E-state index contributed by atoms with van der Waals surface area (Å²) in [6.07, 6.45) is 2.75. The first-order valence-corrected chi connectivity index (χ1v) is 5.77. The Morgan fingerprint density at radius 3 is 2.50 bits per heavy atom. The molecule has 1 fully saturated rings. The Morgan fingerprint density at radius 2 is 2.06 bits per heavy atom. The zero-order valence-corrected chi connectivity index (χ0v) is 10.9. The molecule has 0 unspecified atom stereocenters. The van der Waals surface area contributed by atoms with Gasteiger partial charge in [-0.3, -0.25) is 0 Å². The molecule has 1 saturated carbocycles. The van der Waals surface area contributed by atoms with Gasteiger partial charge >= 0.3 is 6.09 Å². The third-order valence-electron chi connectivity index (χ3n) is 2.68. The van der Waals surface area contributed by atoms with Crippen LogP contribution >= 0.6 is 0 Å². The fourth-order valence-electron chi connectivity index (χ4n) is 1.80. The van der Waals surface area contributed by atoms with Gasteiger partial charge in [0, 0.05) is 11.1 Å². The quantitative estimate of drug-likeness (QED) is 0.698. The highest BCUT2D eigenvalue weighted by Gasteiger charge is 2.30. The van der Waals surface area contributed by atoms with Crippen LogP contribution in [0.5, 0.6) is 0 Å². The van der Waals surface area contributed by atoms with Crippen LogP contribution in [-0.4, -0.2) is 17.4 Å². The predicted octanol–water partition coefficient (Wildman–Crippen LogP) is 3.08. The van der Waals surface area contributed by atoms with Gasteiger partial charge < -0.3 is 4.74 Å². The van der Waals surface area contributed by atoms with Crippen molar-refractivity contribution in [1.82, 2.24) is 5.43 Å². The van der Waals surface area contributed by atoms with Gasteiger partial charge in [0.25, 0.3) is 0 Å². The van der Waals surface area contributed by atoms with Crippen molar-refractivity contribution in [2.45, 2.75) is 59.5 Å². The van der Waals surface area contributed by atoms with Crippen molar-refractivity contribution in [3.05, 3.63) is 0 Å². The van der Waals surface area contributed by atoms with Crippen molar-refractivity contribution in [3.63, 3.8) is 0 Å². The highest BCUT2D eigenvalue weighted by Crippen LogP contribution is 2.34. The third-order valence-corrected chi connectivity index (χ3v) is 2.68. The maximum atomic E-state index is 11.4. The number of rotatable bonds is 1. The van der Waals surface area contributed by atoms with Crippen molar-refractivity contribution >= 4 is 11.8 Å². The van der Waals surface area contributed by atoms with Crippen LogP contribution in [0.15, 0.2) is 5.10 Å². The van der Waals surface area contributed by atoms with Crippen LogP contribution in [0.25, 0.3) is 0 Å². The summed E-state index contributed by atoms with van der Waals surface area (Å²) in [5, 5.41) is 4.15. The summed E-state index contributed by atoms with van der Waals surface area (Å²) in [4.78, 5) is 11.4. The molecule has 0 radical (unpaired) electrons. The summed E-state index contributed by atoms with van der Waals surface area (Å²) in [5.74, 6) is 0. The first-order valence-electron chi connectivity index (χ1n) is 5.77. The van der Waals surface area contributed by atoms with Crippen LogP contribution in [0.3, 0.4) is 0 Å². The molecule has 4 nitrogen and oxygen atoms in total. The smallest absolute Gasteiger partial charge is 0.428 e. The Labute approximate surface area is 97.4 Å². The first kappa shape index (κ1) is 13.0. The molecule has 0 spiro atoms. The molecular weight excluding hydrogens is 204 g/mol. The molecular formula is C12H22N2O2. The highest BCUT2D eigenvalue weighted by atomic mass is 16.6. The fraction of sp³-hybridized carbons (Fsp3) is 0.833. The van der Waals surface area contributed by atoms with Crippen molar-refractivity contribution in [2.75, 3.05) is 0 Å². The molecule has 16 heavy (non-hydrogen) atoms. The first-order chi connectivity index (χ1) is 7.21. The molecule has 1 N–H and O–H groups in total. The summed E-state index contributed by atoms with van der Waals surface area (Å²) in [5.41, 5.74) is 3.15. The van der Waals surface area contributed by atoms with E-state index in [0.29, 0.717) is 0 Å². The largest absolute Gasteiger partial charge is 0.443 e. The Balaban J connectivity index is 2.51. The molecule has 0 aromatic rings. The zero-order valence-electron chi connectivity index (χ0n) is 10.9. The summed E-state index contributed by atoms with van der Waals surface area (Å²) >= 11 is 0. The minimum Gasteiger partial charge on any atom is -0.443 e. The average Bonchev–Trinajstić information content (AvgIpc) is 2.38. The van der Waals surface area contributed by atoms with E-state index in [2.05, 4.69) is 24.4 Å². The van der Waals surface area contributed by atoms with E-state index in [-0.39, 0.29) is 5.41 Å². The van der Waals surface area contributed by atoms with Gasteiger partial charge in [0.1, 0.15) is 5.60 Å². The number of amides is 1. The molecule has 1 aliphatic rings. The van der Waals surface area contributed by atoms with E-state index in [1.165, 1.54) is 0 Å². The minimum atomic E-state index is -0.484. The number of carbonyl (C=O) groups is 1. The van der Waals surface area contributed by atoms with Crippen molar-refractivity contribution < 1.29 is 9.53 Å². The van der Waals surface area contributed by atoms with Crippen LogP contribution in [0, 0.1) is 5.41 Å². The molecule has 1 rings (SSSR count). The number of nitrogens with zero attached hydrogens (tertiary/aromatic N) is 1. The van der Waals surface area contributed by atoms with Crippen molar-refractivity contribution in [2.24, 2.45) is 10.5 Å². The molecule has 0 bridgehead atoms. The van der Waals surface area contributed by atoms with Crippen LogP contribution in [0.2, 0.25) is 0 Å². The average molecular weight is 226 g/mol. The van der Waals surface area contributed by atoms with Gasteiger partial charge in [-0.15, -0.1) is 0 Å². The normalized spacial score (nSPS) is 22.2. The summed E-state index contributed by atoms with van der Waals surface area (Å²) in [7, 11) is 0. The lowest BCUT2D eigenvalue weighted by atomic mass is 9.90. The standard InChI is InChI=1S/C12H22N2O2/c1-11(2,3)16-10(15)14-13-9-7-6-8-12(9,4)5/h6-8H2,1-5H3,(H,14,15). The topological polar surface area (TPSA) is 50.7 Å². The minimum absolute atomic E-state index is 0.106. The number of carbonyl (C=O) groups excluding carboxylic acids is 1. The van der Waals surface area contributed by atoms with Gasteiger partial charge in [-0.25, -0.2) is 10.2 Å². The van der Waals surface area contributed by atoms with Crippen LogP contribution in [-0.2, 0) is 4.74 Å². The Hall–Kier alpha value is -1.06. The van der Waals surface area contributed by atoms with Gasteiger partial charge in [0.05, 0.1) is 0 Å². The number of hydrogen-bond donors (Lipinski definition) is 1. The monoisotopic (exact) mass is 226 g/mol. The van der Waals surface area contributed by atoms with Gasteiger partial charge in [-0.1, -0.05) is 13.8 Å². The maximum Gasteiger partial charge on any atom is 0.428 e. The highest BCUT2D eigenvalue weighted by molar-refractivity contribution is 5.91. The lowest BCUT2D eigenvalue weighted by Gasteiger charge is -2.20. The van der Waals surface area contributed by atoms with Gasteiger partial charge in [-0.2, -0.15) is 5.10 Å². The molecule has 0 saturated heterocycles. The Bertz CT molecular complexity index is 301. The molecule has 0 aromatic carbocycles. The predicted molar refractivity (Wildman–Crippen MR) is 64.4 cm³/mol. The van der Waals surface area contributed by atoms with E-state index in [1.807, 2.05) is 20.8 Å². The van der Waals surface area contributed by atoms with Gasteiger partial charge in [0.15, 0.2) is 0 Å². The maximum absolute atomic E-state index is 11.4. The lowest BCUT2D eigenvalue weighted by Crippen LogP contribution is -2.31. The molecule has 4 heteroatoms. The lowest BCUT2D eigenvalue weighted by molar-refractivity contribution is 0.0529. The second kappa shape index (κ2) is 4.44. The van der Waals surface area contributed by atoms with Crippen LogP contribution in [0.4, 0.5) is 4.79 Å². The van der Waals surface area contributed by atoms with E-state index in [0.717, 1.165) is 25.0 Å². The summed E-state index contributed by atoms with van der Waals surface area (Å²) < 4.78 is 5.11. The summed E-state index contributed by atoms with van der Waals surface area (Å²) in [6, 6.07) is 0. The van der Waals surface area contributed by atoms with E-state index < -0.39 is 11.7 Å². The zero-order chi connectivity index (χ0) is 12.4. The van der Waals surface area contributed by atoms with E-state index in [1.54, 1.807) is 0 Å². The van der Waals surface area contributed by atoms with E-state index in [4.69, 9.17) is 4.74 Å². The second-order valence-electron chi connectivity index (χ2n) is 5.91. The molecule has 0 aliphatic heterocycles. The SMILES string of the molecule is CC(C)(C)OC(=O)NN=C1CCCC1(C)C. The molecule has 0 atom stereocenters. The molecule has 1 amide bonds. The van der Waals surface area contributed by atoms with E-state index >= 15 is 0 Å². The second-order valence-corrected chi connectivity index (χ2v) is 5.91. The number of ether oxygens (including phenoxy) is 1. The van der Waals surface area contributed by atoms with Crippen molar-refractivity contribution in [3.8, 4) is 0 Å². The van der Waals surface area contributed by atoms with Gasteiger partial charge in [0.2, 0.25) is 0 Å². The third kappa shape index (κ3) is 3.83. The van der Waals surface area contributed by atoms with Crippen LogP contribution in [0.1, 0.15) is 53.9 Å². The summed E-state index contributed by atoms with van der Waals surface area (Å²) in [6.45, 7) is 9.79. The molecule has 1 aliphatic carbocycles.